The van der Waals surface area contributed by atoms with Gasteiger partial charge in [0.1, 0.15) is 17.1 Å². The second-order valence-electron chi connectivity index (χ2n) is 8.84. The van der Waals surface area contributed by atoms with Crippen LogP contribution in [0.2, 0.25) is 5.02 Å². The largest absolute Gasteiger partial charge is 0.495 e. The molecule has 1 amide bonds. The molecule has 0 saturated carbocycles. The van der Waals surface area contributed by atoms with Gasteiger partial charge >= 0.3 is 5.69 Å². The Labute approximate surface area is 216 Å². The van der Waals surface area contributed by atoms with E-state index in [4.69, 9.17) is 16.3 Å². The molecule has 0 saturated heterocycles. The van der Waals surface area contributed by atoms with Gasteiger partial charge < -0.3 is 10.1 Å². The fourth-order valence-corrected chi connectivity index (χ4v) is 6.29. The SMILES string of the molecule is COc1ccc(Cl)cc1NC(=O)Cn1c(=O)n(CCc2ccccc2)c(=O)c2c3c(sc21)CCCC3. The van der Waals surface area contributed by atoms with Crippen LogP contribution < -0.4 is 21.3 Å². The van der Waals surface area contributed by atoms with Gasteiger partial charge in [0, 0.05) is 16.4 Å². The third kappa shape index (κ3) is 4.70. The van der Waals surface area contributed by atoms with Crippen molar-refractivity contribution in [1.29, 1.82) is 0 Å². The number of anilines is 1. The van der Waals surface area contributed by atoms with E-state index in [1.54, 1.807) is 18.2 Å². The van der Waals surface area contributed by atoms with E-state index < -0.39 is 11.6 Å². The summed E-state index contributed by atoms with van der Waals surface area (Å²) in [5.74, 6) is 0.0586. The van der Waals surface area contributed by atoms with Gasteiger partial charge in [0.2, 0.25) is 5.91 Å². The minimum atomic E-state index is -0.477. The molecule has 7 nitrogen and oxygen atoms in total. The molecule has 1 aliphatic carbocycles. The van der Waals surface area contributed by atoms with E-state index in [-0.39, 0.29) is 18.6 Å². The number of aryl methyl sites for hydroxylation is 3. The lowest BCUT2D eigenvalue weighted by Crippen LogP contribution is -2.42. The first-order valence-corrected chi connectivity index (χ1v) is 13.1. The molecular formula is C27H26ClN3O4S. The Morgan fingerprint density at radius 3 is 2.64 bits per heavy atom. The molecule has 0 radical (unpaired) electrons. The second kappa shape index (κ2) is 10.3. The van der Waals surface area contributed by atoms with Crippen molar-refractivity contribution in [3.05, 3.63) is 90.4 Å². The molecule has 0 bridgehead atoms. The number of nitrogens with zero attached hydrogens (tertiary/aromatic N) is 2. The summed E-state index contributed by atoms with van der Waals surface area (Å²) in [6, 6.07) is 14.7. The number of aromatic nitrogens is 2. The van der Waals surface area contributed by atoms with Crippen LogP contribution in [0.25, 0.3) is 10.2 Å². The molecule has 0 fully saturated rings. The second-order valence-corrected chi connectivity index (χ2v) is 10.4. The summed E-state index contributed by atoms with van der Waals surface area (Å²) in [4.78, 5) is 42.0. The number of carbonyl (C=O) groups is 1. The summed E-state index contributed by atoms with van der Waals surface area (Å²) in [5, 5.41) is 3.83. The molecule has 2 aromatic carbocycles. The van der Waals surface area contributed by atoms with Crippen molar-refractivity contribution in [3.8, 4) is 5.75 Å². The zero-order chi connectivity index (χ0) is 25.2. The summed E-state index contributed by atoms with van der Waals surface area (Å²) >= 11 is 7.56. The average Bonchev–Trinajstić information content (AvgIpc) is 3.27. The molecule has 1 N–H and O–H groups in total. The molecule has 2 aromatic heterocycles. The van der Waals surface area contributed by atoms with Crippen LogP contribution in [-0.2, 0) is 37.1 Å². The Bertz CT molecular complexity index is 1560. The van der Waals surface area contributed by atoms with Gasteiger partial charge in [-0.15, -0.1) is 11.3 Å². The highest BCUT2D eigenvalue weighted by Gasteiger charge is 2.24. The van der Waals surface area contributed by atoms with Gasteiger partial charge in [-0.1, -0.05) is 41.9 Å². The molecule has 9 heteroatoms. The maximum absolute atomic E-state index is 13.6. The number of hydrogen-bond acceptors (Lipinski definition) is 5. The summed E-state index contributed by atoms with van der Waals surface area (Å²) in [6.07, 6.45) is 4.31. The number of rotatable bonds is 7. The van der Waals surface area contributed by atoms with E-state index in [0.29, 0.717) is 33.1 Å². The molecule has 5 rings (SSSR count). The molecule has 36 heavy (non-hydrogen) atoms. The molecule has 0 aliphatic heterocycles. The highest BCUT2D eigenvalue weighted by molar-refractivity contribution is 7.18. The topological polar surface area (TPSA) is 82.3 Å². The maximum atomic E-state index is 13.6. The van der Waals surface area contributed by atoms with Crippen LogP contribution in [0.1, 0.15) is 28.8 Å². The predicted molar refractivity (Wildman–Crippen MR) is 144 cm³/mol. The summed E-state index contributed by atoms with van der Waals surface area (Å²) in [6.45, 7) is 0.0159. The number of hydrogen-bond donors (Lipinski definition) is 1. The Hall–Kier alpha value is -3.36. The van der Waals surface area contributed by atoms with Crippen molar-refractivity contribution in [2.75, 3.05) is 12.4 Å². The molecule has 2 heterocycles. The standard InChI is InChI=1S/C27H26ClN3O4S/c1-35-21-12-11-18(28)15-20(21)29-23(32)16-31-26-24(19-9-5-6-10-22(19)36-26)25(33)30(27(31)34)14-13-17-7-3-2-4-8-17/h2-4,7-8,11-12,15H,5-6,9-10,13-14,16H2,1H3,(H,29,32). The lowest BCUT2D eigenvalue weighted by molar-refractivity contribution is -0.116. The van der Waals surface area contributed by atoms with E-state index >= 15 is 0 Å². The summed E-state index contributed by atoms with van der Waals surface area (Å²) < 4.78 is 8.05. The van der Waals surface area contributed by atoms with Crippen LogP contribution in [-0.4, -0.2) is 22.2 Å². The molecule has 1 aliphatic rings. The fraction of sp³-hybridized carbons (Fsp3) is 0.296. The average molecular weight is 524 g/mol. The number of nitrogens with one attached hydrogen (secondary N) is 1. The maximum Gasteiger partial charge on any atom is 0.332 e. The van der Waals surface area contributed by atoms with Crippen LogP contribution in [0.3, 0.4) is 0 Å². The molecule has 0 spiro atoms. The minimum Gasteiger partial charge on any atom is -0.495 e. The van der Waals surface area contributed by atoms with E-state index in [0.717, 1.165) is 41.7 Å². The monoisotopic (exact) mass is 523 g/mol. The van der Waals surface area contributed by atoms with Crippen molar-refractivity contribution >= 4 is 44.7 Å². The van der Waals surface area contributed by atoms with E-state index in [2.05, 4.69) is 5.32 Å². The van der Waals surface area contributed by atoms with E-state index in [9.17, 15) is 14.4 Å². The van der Waals surface area contributed by atoms with Crippen LogP contribution >= 0.6 is 22.9 Å². The zero-order valence-corrected chi connectivity index (χ0v) is 21.5. The number of ether oxygens (including phenoxy) is 1. The number of benzene rings is 2. The lowest BCUT2D eigenvalue weighted by atomic mass is 9.97. The predicted octanol–water partition coefficient (Wildman–Crippen LogP) is 4.65. The number of thiophene rings is 1. The summed E-state index contributed by atoms with van der Waals surface area (Å²) in [5.41, 5.74) is 1.75. The first kappa shape index (κ1) is 24.3. The van der Waals surface area contributed by atoms with E-state index in [1.807, 2.05) is 30.3 Å². The Balaban J connectivity index is 1.56. The quantitative estimate of drug-likeness (QED) is 0.382. The number of carbonyl (C=O) groups excluding carboxylic acids is 1. The number of fused-ring (bicyclic) bond motifs is 3. The van der Waals surface area contributed by atoms with E-state index in [1.165, 1.54) is 27.6 Å². The number of halogens is 1. The minimum absolute atomic E-state index is 0.226. The van der Waals surface area contributed by atoms with Crippen LogP contribution in [0.4, 0.5) is 5.69 Å². The summed E-state index contributed by atoms with van der Waals surface area (Å²) in [7, 11) is 1.51. The zero-order valence-electron chi connectivity index (χ0n) is 19.9. The van der Waals surface area contributed by atoms with Crippen molar-refractivity contribution < 1.29 is 9.53 Å². The van der Waals surface area contributed by atoms with Gasteiger partial charge in [0.15, 0.2) is 0 Å². The van der Waals surface area contributed by atoms with Crippen molar-refractivity contribution in [2.45, 2.75) is 45.2 Å². The highest BCUT2D eigenvalue weighted by Crippen LogP contribution is 2.34. The smallest absolute Gasteiger partial charge is 0.332 e. The Kier molecular flexibility index (Phi) is 6.98. The van der Waals surface area contributed by atoms with Crippen LogP contribution in [0, 0.1) is 0 Å². The Morgan fingerprint density at radius 1 is 1.08 bits per heavy atom. The van der Waals surface area contributed by atoms with Gasteiger partial charge in [0.05, 0.1) is 18.2 Å². The molecule has 0 atom stereocenters. The van der Waals surface area contributed by atoms with Crippen LogP contribution in [0.5, 0.6) is 5.75 Å². The molecule has 4 aromatic rings. The van der Waals surface area contributed by atoms with Crippen molar-refractivity contribution in [2.24, 2.45) is 0 Å². The Morgan fingerprint density at radius 2 is 1.86 bits per heavy atom. The van der Waals surface area contributed by atoms with Crippen molar-refractivity contribution in [1.82, 2.24) is 9.13 Å². The fourth-order valence-electron chi connectivity index (χ4n) is 4.75. The van der Waals surface area contributed by atoms with Gasteiger partial charge in [-0.25, -0.2) is 4.79 Å². The van der Waals surface area contributed by atoms with Gasteiger partial charge in [-0.2, -0.15) is 0 Å². The van der Waals surface area contributed by atoms with Crippen molar-refractivity contribution in [3.63, 3.8) is 0 Å². The first-order chi connectivity index (χ1) is 17.5. The van der Waals surface area contributed by atoms with Gasteiger partial charge in [-0.3, -0.25) is 18.7 Å². The third-order valence-electron chi connectivity index (χ3n) is 6.52. The lowest BCUT2D eigenvalue weighted by Gasteiger charge is -2.14. The molecular weight excluding hydrogens is 498 g/mol. The normalized spacial score (nSPS) is 12.9. The number of methoxy groups -OCH3 is 1. The third-order valence-corrected chi connectivity index (χ3v) is 8.07. The van der Waals surface area contributed by atoms with Crippen LogP contribution in [0.15, 0.2) is 58.1 Å². The first-order valence-electron chi connectivity index (χ1n) is 11.9. The van der Waals surface area contributed by atoms with Gasteiger partial charge in [-0.05, 0) is 61.4 Å². The highest BCUT2D eigenvalue weighted by atomic mass is 35.5. The molecule has 0 unspecified atom stereocenters. The molecule has 186 valence electrons. The number of amides is 1. The van der Waals surface area contributed by atoms with Gasteiger partial charge in [0.25, 0.3) is 5.56 Å².